The maximum Gasteiger partial charge on any atom is 0.303 e. The lowest BCUT2D eigenvalue weighted by Gasteiger charge is -2.14. The fourth-order valence-electron chi connectivity index (χ4n) is 2.18. The van der Waals surface area contributed by atoms with E-state index in [2.05, 4.69) is 5.32 Å². The smallest absolute Gasteiger partial charge is 0.303 e. The van der Waals surface area contributed by atoms with Crippen LogP contribution in [0.1, 0.15) is 24.8 Å². The number of amides is 2. The van der Waals surface area contributed by atoms with Crippen molar-refractivity contribution < 1.29 is 24.6 Å². The number of nitrogens with zero attached hydrogens (tertiary/aromatic N) is 1. The molecule has 26 heavy (non-hydrogen) atoms. The number of nitrogens with one attached hydrogen (secondary N) is 1. The average Bonchev–Trinajstić information content (AvgIpc) is 2.85. The van der Waals surface area contributed by atoms with Crippen molar-refractivity contribution in [1.82, 2.24) is 10.2 Å². The third kappa shape index (κ3) is 5.85. The van der Waals surface area contributed by atoms with Gasteiger partial charge in [-0.1, -0.05) is 36.1 Å². The number of aromatic hydroxyl groups is 1. The van der Waals surface area contributed by atoms with E-state index in [1.807, 2.05) is 0 Å². The SMILES string of the molecule is O=C(O)CCCNC(=O)CCN1C(=O)/C(=C/c2ccc(O)cc2)SC1=S. The van der Waals surface area contributed by atoms with Crippen LogP contribution >= 0.6 is 24.0 Å². The predicted octanol–water partition coefficient (Wildman–Crippen LogP) is 1.96. The zero-order valence-electron chi connectivity index (χ0n) is 13.8. The molecule has 0 aliphatic carbocycles. The quantitative estimate of drug-likeness (QED) is 0.351. The van der Waals surface area contributed by atoms with Crippen molar-refractivity contribution in [3.8, 4) is 5.75 Å². The topological polar surface area (TPSA) is 107 Å². The Morgan fingerprint density at radius 3 is 2.58 bits per heavy atom. The fraction of sp³-hybridized carbons (Fsp3) is 0.294. The van der Waals surface area contributed by atoms with Crippen molar-refractivity contribution >= 4 is 52.2 Å². The van der Waals surface area contributed by atoms with Gasteiger partial charge in [0.05, 0.1) is 4.91 Å². The summed E-state index contributed by atoms with van der Waals surface area (Å²) in [5, 5.41) is 20.4. The zero-order valence-corrected chi connectivity index (χ0v) is 15.4. The Morgan fingerprint density at radius 2 is 1.92 bits per heavy atom. The molecule has 0 unspecified atom stereocenters. The molecule has 3 N–H and O–H groups in total. The Hall–Kier alpha value is -2.39. The number of carbonyl (C=O) groups is 3. The van der Waals surface area contributed by atoms with Crippen molar-refractivity contribution in [3.05, 3.63) is 34.7 Å². The third-order valence-electron chi connectivity index (χ3n) is 3.52. The molecule has 0 spiro atoms. The summed E-state index contributed by atoms with van der Waals surface area (Å²) in [5.41, 5.74) is 0.763. The van der Waals surface area contributed by atoms with Crippen LogP contribution in [-0.4, -0.2) is 50.3 Å². The van der Waals surface area contributed by atoms with Crippen molar-refractivity contribution in [2.75, 3.05) is 13.1 Å². The molecule has 1 aliphatic rings. The molecule has 2 amide bonds. The Kier molecular flexibility index (Phi) is 7.16. The van der Waals surface area contributed by atoms with E-state index < -0.39 is 5.97 Å². The summed E-state index contributed by atoms with van der Waals surface area (Å²) in [5.74, 6) is -1.28. The van der Waals surface area contributed by atoms with E-state index in [1.54, 1.807) is 18.2 Å². The molecule has 9 heteroatoms. The van der Waals surface area contributed by atoms with E-state index in [-0.39, 0.29) is 43.5 Å². The molecule has 0 saturated carbocycles. The largest absolute Gasteiger partial charge is 0.508 e. The van der Waals surface area contributed by atoms with Crippen molar-refractivity contribution in [3.63, 3.8) is 0 Å². The Labute approximate surface area is 160 Å². The van der Waals surface area contributed by atoms with E-state index in [1.165, 1.54) is 28.8 Å². The van der Waals surface area contributed by atoms with Gasteiger partial charge in [0.2, 0.25) is 5.91 Å². The maximum atomic E-state index is 12.4. The van der Waals surface area contributed by atoms with Crippen LogP contribution in [0.5, 0.6) is 5.75 Å². The highest BCUT2D eigenvalue weighted by Gasteiger charge is 2.31. The summed E-state index contributed by atoms with van der Waals surface area (Å²) in [4.78, 5) is 36.5. The Bertz CT molecular complexity index is 746. The van der Waals surface area contributed by atoms with E-state index in [4.69, 9.17) is 17.3 Å². The number of carbonyl (C=O) groups excluding carboxylic acids is 2. The second-order valence-electron chi connectivity index (χ2n) is 5.52. The van der Waals surface area contributed by atoms with E-state index in [0.29, 0.717) is 15.6 Å². The second kappa shape index (κ2) is 9.35. The van der Waals surface area contributed by atoms with Crippen molar-refractivity contribution in [2.45, 2.75) is 19.3 Å². The second-order valence-corrected chi connectivity index (χ2v) is 7.20. The van der Waals surface area contributed by atoms with E-state index >= 15 is 0 Å². The van der Waals surface area contributed by atoms with Crippen molar-refractivity contribution in [1.29, 1.82) is 0 Å². The van der Waals surface area contributed by atoms with E-state index in [0.717, 1.165) is 5.56 Å². The first-order valence-electron chi connectivity index (χ1n) is 7.89. The number of carboxylic acids is 1. The lowest BCUT2D eigenvalue weighted by Crippen LogP contribution is -2.33. The molecule has 1 fully saturated rings. The molecule has 1 saturated heterocycles. The number of hydrogen-bond acceptors (Lipinski definition) is 6. The van der Waals surface area contributed by atoms with Gasteiger partial charge in [0.1, 0.15) is 10.1 Å². The van der Waals surface area contributed by atoms with Gasteiger partial charge in [-0.05, 0) is 30.2 Å². The van der Waals surface area contributed by atoms with Gasteiger partial charge in [-0.3, -0.25) is 19.3 Å². The molecule has 0 aromatic heterocycles. The minimum absolute atomic E-state index is 0.00294. The number of carboxylic acid groups (broad SMARTS) is 1. The number of benzene rings is 1. The summed E-state index contributed by atoms with van der Waals surface area (Å²) in [6.07, 6.45) is 2.13. The molecular weight excluding hydrogens is 376 g/mol. The zero-order chi connectivity index (χ0) is 19.1. The molecule has 1 aromatic carbocycles. The maximum absolute atomic E-state index is 12.4. The highest BCUT2D eigenvalue weighted by molar-refractivity contribution is 8.26. The van der Waals surface area contributed by atoms with E-state index in [9.17, 15) is 19.5 Å². The summed E-state index contributed by atoms with van der Waals surface area (Å²) >= 11 is 6.38. The molecule has 2 rings (SSSR count). The van der Waals surface area contributed by atoms with Crippen LogP contribution in [0.15, 0.2) is 29.2 Å². The molecule has 0 bridgehead atoms. The van der Waals surface area contributed by atoms with Crippen LogP contribution in [0.3, 0.4) is 0 Å². The Balaban J connectivity index is 1.85. The van der Waals surface area contributed by atoms with Gasteiger partial charge in [0.25, 0.3) is 5.91 Å². The molecule has 1 heterocycles. The first-order valence-corrected chi connectivity index (χ1v) is 9.12. The number of thioether (sulfide) groups is 1. The van der Waals surface area contributed by atoms with Crippen LogP contribution in [0.4, 0.5) is 0 Å². The minimum Gasteiger partial charge on any atom is -0.508 e. The highest BCUT2D eigenvalue weighted by Crippen LogP contribution is 2.32. The first-order chi connectivity index (χ1) is 12.4. The Morgan fingerprint density at radius 1 is 1.23 bits per heavy atom. The monoisotopic (exact) mass is 394 g/mol. The lowest BCUT2D eigenvalue weighted by molar-refractivity contribution is -0.137. The van der Waals surface area contributed by atoms with Gasteiger partial charge >= 0.3 is 5.97 Å². The number of aliphatic carboxylic acids is 1. The molecule has 0 atom stereocenters. The summed E-state index contributed by atoms with van der Waals surface area (Å²) < 4.78 is 0.388. The number of rotatable bonds is 8. The third-order valence-corrected chi connectivity index (χ3v) is 4.89. The number of phenolic OH excluding ortho intramolecular Hbond substituents is 1. The van der Waals surface area contributed by atoms with Gasteiger partial charge in [-0.25, -0.2) is 0 Å². The lowest BCUT2D eigenvalue weighted by atomic mass is 10.2. The van der Waals surface area contributed by atoms with Gasteiger partial charge in [0.15, 0.2) is 0 Å². The number of hydrogen-bond donors (Lipinski definition) is 3. The van der Waals surface area contributed by atoms with Crippen LogP contribution in [0.25, 0.3) is 6.08 Å². The highest BCUT2D eigenvalue weighted by atomic mass is 32.2. The van der Waals surface area contributed by atoms with Crippen LogP contribution in [0, 0.1) is 0 Å². The molecule has 7 nitrogen and oxygen atoms in total. The van der Waals surface area contributed by atoms with Crippen molar-refractivity contribution in [2.24, 2.45) is 0 Å². The summed E-state index contributed by atoms with van der Waals surface area (Å²) in [6.45, 7) is 0.451. The molecule has 0 radical (unpaired) electrons. The van der Waals surface area contributed by atoms with Crippen LogP contribution in [0.2, 0.25) is 0 Å². The fourth-order valence-corrected chi connectivity index (χ4v) is 3.49. The van der Waals surface area contributed by atoms with Gasteiger partial charge in [-0.2, -0.15) is 0 Å². The first kappa shape index (κ1) is 19.9. The molecule has 1 aromatic rings. The predicted molar refractivity (Wildman–Crippen MR) is 102 cm³/mol. The molecular formula is C17H18N2O5S2. The summed E-state index contributed by atoms with van der Waals surface area (Å²) in [6, 6.07) is 6.43. The molecule has 138 valence electrons. The van der Waals surface area contributed by atoms with Crippen LogP contribution in [-0.2, 0) is 14.4 Å². The minimum atomic E-state index is -0.905. The average molecular weight is 394 g/mol. The number of thiocarbonyl (C=S) groups is 1. The van der Waals surface area contributed by atoms with Crippen LogP contribution < -0.4 is 5.32 Å². The van der Waals surface area contributed by atoms with Gasteiger partial charge in [0, 0.05) is 25.9 Å². The normalized spacial score (nSPS) is 15.5. The summed E-state index contributed by atoms with van der Waals surface area (Å²) in [7, 11) is 0. The molecule has 1 aliphatic heterocycles. The van der Waals surface area contributed by atoms with Gasteiger partial charge < -0.3 is 15.5 Å². The van der Waals surface area contributed by atoms with Gasteiger partial charge in [-0.15, -0.1) is 0 Å². The number of phenols is 1. The standard InChI is InChI=1S/C17H18N2O5S2/c20-12-5-3-11(4-6-12)10-13-16(24)19(17(25)26-13)9-7-14(21)18-8-1-2-15(22)23/h3-6,10,20H,1-2,7-9H2,(H,18,21)(H,22,23)/b13-10-.